The molecule has 3 aromatic heterocycles. The van der Waals surface area contributed by atoms with Crippen LogP contribution >= 0.6 is 0 Å². The topological polar surface area (TPSA) is 47.3 Å². The molecule has 0 bridgehead atoms. The summed E-state index contributed by atoms with van der Waals surface area (Å²) in [7, 11) is 0. The molecule has 0 saturated heterocycles. The number of rotatable bonds is 3. The molecule has 5 nitrogen and oxygen atoms in total. The van der Waals surface area contributed by atoms with E-state index in [2.05, 4.69) is 131 Å². The zero-order chi connectivity index (χ0) is 32.5. The Morgan fingerprint density at radius 3 is 2.10 bits per heavy atom. The van der Waals surface area contributed by atoms with Gasteiger partial charge in [0.15, 0.2) is 5.58 Å². The predicted molar refractivity (Wildman–Crippen MR) is 202 cm³/mol. The molecule has 0 spiro atoms. The molecule has 1 aliphatic heterocycles. The first kappa shape index (κ1) is 27.5. The van der Waals surface area contributed by atoms with Gasteiger partial charge >= 0.3 is 6.01 Å². The Kier molecular flexibility index (Phi) is 6.02. The van der Waals surface area contributed by atoms with Crippen molar-refractivity contribution >= 4 is 77.8 Å². The maximum absolute atomic E-state index is 6.73. The van der Waals surface area contributed by atoms with E-state index in [0.29, 0.717) is 18.1 Å². The van der Waals surface area contributed by atoms with Crippen molar-refractivity contribution in [3.63, 3.8) is 0 Å². The lowest BCUT2D eigenvalue weighted by Gasteiger charge is -2.22. The summed E-state index contributed by atoms with van der Waals surface area (Å²) in [5, 5.41) is 4.41. The van der Waals surface area contributed by atoms with Crippen molar-refractivity contribution in [2.75, 3.05) is 11.4 Å². The Balaban J connectivity index is 1.17. The summed E-state index contributed by atoms with van der Waals surface area (Å²) in [5.74, 6) is 0. The molecule has 0 N–H and O–H groups in total. The number of hydrogen-bond acceptors (Lipinski definition) is 4. The lowest BCUT2D eigenvalue weighted by Crippen LogP contribution is -2.18. The number of fused-ring (bicyclic) bond motifs is 9. The third kappa shape index (κ3) is 4.22. The normalized spacial score (nSPS) is 15.4. The molecule has 0 saturated carbocycles. The van der Waals surface area contributed by atoms with Gasteiger partial charge in [0.2, 0.25) is 0 Å². The van der Waals surface area contributed by atoms with Gasteiger partial charge in [0.05, 0.1) is 22.1 Å². The molecule has 1 aliphatic rings. The van der Waals surface area contributed by atoms with Crippen molar-refractivity contribution in [2.45, 2.75) is 0 Å². The molecule has 0 radical (unpaired) electrons. The average Bonchev–Trinajstić information content (AvgIpc) is 3.85. The molecule has 49 heavy (non-hydrogen) atoms. The molecule has 10 rings (SSSR count). The highest BCUT2D eigenvalue weighted by Gasteiger charge is 2.25. The van der Waals surface area contributed by atoms with E-state index in [1.165, 1.54) is 10.8 Å². The van der Waals surface area contributed by atoms with E-state index in [0.717, 1.165) is 72.1 Å². The standard InChI is InChI=1S/C44H29N3O2/c1-28-26-30(47-37-22-10-6-18-32(37)33-19-7-11-23-38(33)47)16-13-25-46(36-21-9-5-17-31(28)36)44-45-42-40(49-44)27-35(29-14-3-2-4-15-29)43-41(42)34-20-8-12-24-39(34)48-43/h2-24,26-27H,1,25H2/b16-13-,30-26+. The molecule has 5 heteroatoms. The minimum Gasteiger partial charge on any atom is -0.455 e. The Labute approximate surface area is 281 Å². The number of hydrogen-bond donors (Lipinski definition) is 0. The van der Waals surface area contributed by atoms with E-state index < -0.39 is 0 Å². The Bertz CT molecular complexity index is 2780. The number of furan rings is 1. The van der Waals surface area contributed by atoms with Crippen molar-refractivity contribution < 1.29 is 8.83 Å². The van der Waals surface area contributed by atoms with Gasteiger partial charge in [-0.3, -0.25) is 4.90 Å². The summed E-state index contributed by atoms with van der Waals surface area (Å²) in [6.07, 6.45) is 6.54. The van der Waals surface area contributed by atoms with Crippen LogP contribution in [-0.4, -0.2) is 16.1 Å². The number of para-hydroxylation sites is 4. The van der Waals surface area contributed by atoms with E-state index in [1.54, 1.807) is 0 Å². The minimum atomic E-state index is 0.511. The lowest BCUT2D eigenvalue weighted by atomic mass is 10.0. The zero-order valence-corrected chi connectivity index (χ0v) is 26.5. The summed E-state index contributed by atoms with van der Waals surface area (Å²) in [6.45, 7) is 5.12. The summed E-state index contributed by atoms with van der Waals surface area (Å²) >= 11 is 0. The highest BCUT2D eigenvalue weighted by atomic mass is 16.4. The van der Waals surface area contributed by atoms with Crippen LogP contribution in [0.2, 0.25) is 0 Å². The van der Waals surface area contributed by atoms with Crippen LogP contribution in [0.15, 0.2) is 167 Å². The summed E-state index contributed by atoms with van der Waals surface area (Å²) in [6, 6.07) is 46.5. The fourth-order valence-corrected chi connectivity index (χ4v) is 7.39. The molecular formula is C44H29N3O2. The largest absolute Gasteiger partial charge is 0.455 e. The van der Waals surface area contributed by atoms with Gasteiger partial charge in [-0.25, -0.2) is 0 Å². The molecule has 6 aromatic carbocycles. The average molecular weight is 632 g/mol. The van der Waals surface area contributed by atoms with Gasteiger partial charge < -0.3 is 13.4 Å². The van der Waals surface area contributed by atoms with E-state index in [-0.39, 0.29) is 0 Å². The van der Waals surface area contributed by atoms with Crippen molar-refractivity contribution in [3.05, 3.63) is 164 Å². The third-order valence-electron chi connectivity index (χ3n) is 9.59. The fourth-order valence-electron chi connectivity index (χ4n) is 7.39. The van der Waals surface area contributed by atoms with Gasteiger partial charge in [-0.1, -0.05) is 116 Å². The van der Waals surface area contributed by atoms with Crippen molar-refractivity contribution in [1.29, 1.82) is 0 Å². The first-order valence-corrected chi connectivity index (χ1v) is 16.5. The molecule has 0 unspecified atom stereocenters. The third-order valence-corrected chi connectivity index (χ3v) is 9.59. The first-order valence-electron chi connectivity index (χ1n) is 16.5. The molecule has 0 fully saturated rings. The Morgan fingerprint density at radius 2 is 1.31 bits per heavy atom. The monoisotopic (exact) mass is 631 g/mol. The molecule has 0 aliphatic carbocycles. The number of anilines is 2. The molecule has 232 valence electrons. The number of oxazole rings is 1. The highest BCUT2D eigenvalue weighted by Crippen LogP contribution is 2.43. The first-order chi connectivity index (χ1) is 24.2. The van der Waals surface area contributed by atoms with Crippen LogP contribution < -0.4 is 4.90 Å². The molecule has 4 heterocycles. The van der Waals surface area contributed by atoms with Gasteiger partial charge in [-0.05, 0) is 53.6 Å². The summed E-state index contributed by atoms with van der Waals surface area (Å²) in [5.41, 5.74) is 11.4. The SMILES string of the molecule is C=C1/C=C(n2c3ccccc3c3ccccc32)\C=C/CN(c2nc3c(cc(-c4ccccc4)c4oc5ccccc5c43)o2)c2ccccc21. The second-order valence-electron chi connectivity index (χ2n) is 12.4. The van der Waals surface area contributed by atoms with Crippen LogP contribution in [0, 0.1) is 0 Å². The highest BCUT2D eigenvalue weighted by molar-refractivity contribution is 6.20. The molecule has 9 aromatic rings. The van der Waals surface area contributed by atoms with E-state index in [1.807, 2.05) is 36.4 Å². The predicted octanol–water partition coefficient (Wildman–Crippen LogP) is 11.8. The molecule has 0 atom stereocenters. The van der Waals surface area contributed by atoms with Crippen LogP contribution in [0.1, 0.15) is 5.56 Å². The van der Waals surface area contributed by atoms with Crippen LogP contribution in [0.4, 0.5) is 11.7 Å². The summed E-state index contributed by atoms with van der Waals surface area (Å²) in [4.78, 5) is 7.35. The van der Waals surface area contributed by atoms with Crippen LogP contribution in [0.5, 0.6) is 0 Å². The molecular weight excluding hydrogens is 603 g/mol. The number of benzene rings is 6. The van der Waals surface area contributed by atoms with Gasteiger partial charge in [0.25, 0.3) is 0 Å². The van der Waals surface area contributed by atoms with Gasteiger partial charge in [-0.15, -0.1) is 0 Å². The van der Waals surface area contributed by atoms with Gasteiger partial charge in [0.1, 0.15) is 16.7 Å². The van der Waals surface area contributed by atoms with E-state index >= 15 is 0 Å². The smallest absolute Gasteiger partial charge is 0.303 e. The van der Waals surface area contributed by atoms with Gasteiger partial charge in [-0.2, -0.15) is 4.98 Å². The molecule has 0 amide bonds. The van der Waals surface area contributed by atoms with Crippen LogP contribution in [0.3, 0.4) is 0 Å². The van der Waals surface area contributed by atoms with Crippen LogP contribution in [0.25, 0.3) is 77.2 Å². The minimum absolute atomic E-state index is 0.511. The van der Waals surface area contributed by atoms with E-state index in [4.69, 9.17) is 13.8 Å². The Hall–Kier alpha value is -6.59. The van der Waals surface area contributed by atoms with Crippen molar-refractivity contribution in [1.82, 2.24) is 9.55 Å². The van der Waals surface area contributed by atoms with Crippen LogP contribution in [-0.2, 0) is 0 Å². The number of aromatic nitrogens is 2. The number of allylic oxidation sites excluding steroid dienone is 4. The van der Waals surface area contributed by atoms with Gasteiger partial charge in [0, 0.05) is 39.5 Å². The second-order valence-corrected chi connectivity index (χ2v) is 12.4. The Morgan fingerprint density at radius 1 is 0.633 bits per heavy atom. The van der Waals surface area contributed by atoms with Crippen molar-refractivity contribution in [2.24, 2.45) is 0 Å². The summed E-state index contributed by atoms with van der Waals surface area (Å²) < 4.78 is 15.6. The van der Waals surface area contributed by atoms with E-state index in [9.17, 15) is 0 Å². The van der Waals surface area contributed by atoms with Crippen molar-refractivity contribution in [3.8, 4) is 11.1 Å². The number of nitrogens with zero attached hydrogens (tertiary/aromatic N) is 3. The zero-order valence-electron chi connectivity index (χ0n) is 26.5. The second kappa shape index (κ2) is 10.7. The lowest BCUT2D eigenvalue weighted by molar-refractivity contribution is 0.598. The quantitative estimate of drug-likeness (QED) is 0.195. The maximum Gasteiger partial charge on any atom is 0.303 e. The fraction of sp³-hybridized carbons (Fsp3) is 0.0227. The maximum atomic E-state index is 6.73.